The number of likely N-dealkylation sites (N-methyl/N-ethyl adjacent to an activating group) is 1. The fourth-order valence-electron chi connectivity index (χ4n) is 2.55. The first-order valence-corrected chi connectivity index (χ1v) is 7.62. The highest BCUT2D eigenvalue weighted by atomic mass is 16.6. The van der Waals surface area contributed by atoms with Gasteiger partial charge in [-0.3, -0.25) is 19.8 Å². The number of carbonyl (C=O) groups excluding carboxylic acids is 1. The van der Waals surface area contributed by atoms with E-state index in [4.69, 9.17) is 4.74 Å². The lowest BCUT2D eigenvalue weighted by molar-refractivity contribution is -0.384. The summed E-state index contributed by atoms with van der Waals surface area (Å²) >= 11 is 0. The molecule has 0 saturated carbocycles. The Labute approximate surface area is 135 Å². The van der Waals surface area contributed by atoms with Crippen LogP contribution in [-0.4, -0.2) is 42.0 Å². The number of nitro benzene ring substituents is 1. The van der Waals surface area contributed by atoms with Crippen LogP contribution in [0.4, 0.5) is 11.4 Å². The van der Waals surface area contributed by atoms with Crippen molar-refractivity contribution in [1.82, 2.24) is 4.90 Å². The molecule has 1 atom stereocenters. The minimum Gasteiger partial charge on any atom is -0.491 e. The van der Waals surface area contributed by atoms with Gasteiger partial charge in [0.05, 0.1) is 23.3 Å². The second-order valence-electron chi connectivity index (χ2n) is 5.41. The first-order chi connectivity index (χ1) is 11.0. The van der Waals surface area contributed by atoms with Crippen LogP contribution in [-0.2, 0) is 4.79 Å². The summed E-state index contributed by atoms with van der Waals surface area (Å²) in [4.78, 5) is 24.6. The van der Waals surface area contributed by atoms with Gasteiger partial charge >= 0.3 is 0 Å². The third-order valence-corrected chi connectivity index (χ3v) is 3.78. The van der Waals surface area contributed by atoms with E-state index in [-0.39, 0.29) is 17.6 Å². The zero-order valence-corrected chi connectivity index (χ0v) is 13.3. The third-order valence-electron chi connectivity index (χ3n) is 3.78. The third kappa shape index (κ3) is 4.53. The van der Waals surface area contributed by atoms with E-state index in [0.29, 0.717) is 18.0 Å². The van der Waals surface area contributed by atoms with Gasteiger partial charge in [0.25, 0.3) is 5.69 Å². The van der Waals surface area contributed by atoms with Crippen molar-refractivity contribution in [2.75, 3.05) is 25.5 Å². The van der Waals surface area contributed by atoms with Gasteiger partial charge in [0.15, 0.2) is 0 Å². The van der Waals surface area contributed by atoms with Crippen molar-refractivity contribution >= 4 is 17.3 Å². The number of carbonyl (C=O) groups is 1. The Morgan fingerprint density at radius 1 is 1.57 bits per heavy atom. The molecular weight excluding hydrogens is 298 g/mol. The number of nitrogens with one attached hydrogen (secondary N) is 1. The largest absolute Gasteiger partial charge is 0.491 e. The smallest absolute Gasteiger partial charge is 0.273 e. The first kappa shape index (κ1) is 17.0. The highest BCUT2D eigenvalue weighted by molar-refractivity contribution is 6.00. The number of ether oxygens (including phenoxy) is 1. The van der Waals surface area contributed by atoms with Gasteiger partial charge in [-0.1, -0.05) is 6.08 Å². The van der Waals surface area contributed by atoms with Crippen molar-refractivity contribution in [3.8, 4) is 5.75 Å². The Bertz CT molecular complexity index is 615. The molecule has 1 aliphatic rings. The number of likely N-dealkylation sites (tertiary alicyclic amines) is 1. The molecule has 1 aromatic carbocycles. The molecule has 1 amide bonds. The van der Waals surface area contributed by atoms with Crippen molar-refractivity contribution in [3.63, 3.8) is 0 Å². The maximum Gasteiger partial charge on any atom is 0.273 e. The summed E-state index contributed by atoms with van der Waals surface area (Å²) < 4.78 is 5.37. The monoisotopic (exact) mass is 319 g/mol. The summed E-state index contributed by atoms with van der Waals surface area (Å²) in [5.74, 6) is 0.0153. The van der Waals surface area contributed by atoms with Gasteiger partial charge in [-0.25, -0.2) is 0 Å². The van der Waals surface area contributed by atoms with Crippen LogP contribution in [0.5, 0.6) is 5.75 Å². The second kappa shape index (κ2) is 7.73. The number of benzene rings is 1. The highest BCUT2D eigenvalue weighted by Crippen LogP contribution is 2.29. The molecule has 1 saturated heterocycles. The summed E-state index contributed by atoms with van der Waals surface area (Å²) in [7, 11) is 2.03. The van der Waals surface area contributed by atoms with Crippen LogP contribution < -0.4 is 10.1 Å². The molecule has 1 fully saturated rings. The molecule has 0 unspecified atom stereocenters. The molecule has 7 heteroatoms. The van der Waals surface area contributed by atoms with Crippen LogP contribution in [0.2, 0.25) is 0 Å². The predicted octanol–water partition coefficient (Wildman–Crippen LogP) is 2.58. The Morgan fingerprint density at radius 2 is 2.35 bits per heavy atom. The Balaban J connectivity index is 2.07. The molecule has 0 bridgehead atoms. The fraction of sp³-hybridized carbons (Fsp3) is 0.438. The lowest BCUT2D eigenvalue weighted by Crippen LogP contribution is -2.23. The van der Waals surface area contributed by atoms with E-state index in [0.717, 1.165) is 19.4 Å². The van der Waals surface area contributed by atoms with Crippen molar-refractivity contribution in [3.05, 3.63) is 40.5 Å². The van der Waals surface area contributed by atoms with E-state index in [1.807, 2.05) is 13.1 Å². The summed E-state index contributed by atoms with van der Waals surface area (Å²) in [6, 6.07) is 4.42. The molecule has 0 spiro atoms. The molecule has 1 aromatic rings. The molecule has 2 rings (SSSR count). The molecule has 124 valence electrons. The number of rotatable bonds is 6. The summed E-state index contributed by atoms with van der Waals surface area (Å²) in [5.41, 5.74) is 0.349. The van der Waals surface area contributed by atoms with Crippen LogP contribution in [0.25, 0.3) is 0 Å². The van der Waals surface area contributed by atoms with Crippen molar-refractivity contribution in [2.45, 2.75) is 25.8 Å². The topological polar surface area (TPSA) is 84.7 Å². The van der Waals surface area contributed by atoms with Gasteiger partial charge in [-0.15, -0.1) is 0 Å². The lowest BCUT2D eigenvalue weighted by Gasteiger charge is -2.15. The maximum atomic E-state index is 12.0. The average Bonchev–Trinajstić information content (AvgIpc) is 2.92. The maximum absolute atomic E-state index is 12.0. The van der Waals surface area contributed by atoms with Gasteiger partial charge in [0.2, 0.25) is 5.91 Å². The number of anilines is 1. The summed E-state index contributed by atoms with van der Waals surface area (Å²) in [5, 5.41) is 13.5. The lowest BCUT2D eigenvalue weighted by atomic mass is 10.2. The van der Waals surface area contributed by atoms with Crippen molar-refractivity contribution in [1.29, 1.82) is 0 Å². The van der Waals surface area contributed by atoms with Crippen LogP contribution in [0.15, 0.2) is 30.4 Å². The number of nitro groups is 1. The zero-order chi connectivity index (χ0) is 16.8. The fourth-order valence-corrected chi connectivity index (χ4v) is 2.55. The predicted molar refractivity (Wildman–Crippen MR) is 87.7 cm³/mol. The van der Waals surface area contributed by atoms with Gasteiger partial charge in [0.1, 0.15) is 5.75 Å². The number of non-ortho nitro benzene ring substituents is 1. The van der Waals surface area contributed by atoms with Crippen molar-refractivity contribution in [2.24, 2.45) is 0 Å². The van der Waals surface area contributed by atoms with Crippen molar-refractivity contribution < 1.29 is 14.5 Å². The number of hydrogen-bond donors (Lipinski definition) is 1. The SMILES string of the molecule is CCOc1cc([N+](=O)[O-])ccc1NC(=O)/C=C/[C@H]1CCCN1C. The molecule has 23 heavy (non-hydrogen) atoms. The molecule has 1 aliphatic heterocycles. The Hall–Kier alpha value is -2.41. The second-order valence-corrected chi connectivity index (χ2v) is 5.41. The molecule has 0 aliphatic carbocycles. The van der Waals surface area contributed by atoms with Crippen LogP contribution >= 0.6 is 0 Å². The first-order valence-electron chi connectivity index (χ1n) is 7.62. The van der Waals surface area contributed by atoms with Gasteiger partial charge in [-0.05, 0) is 39.4 Å². The van der Waals surface area contributed by atoms with E-state index in [2.05, 4.69) is 10.2 Å². The van der Waals surface area contributed by atoms with E-state index in [9.17, 15) is 14.9 Å². The van der Waals surface area contributed by atoms with Gasteiger partial charge in [0, 0.05) is 18.2 Å². The Kier molecular flexibility index (Phi) is 5.70. The molecule has 1 N–H and O–H groups in total. The van der Waals surface area contributed by atoms with Gasteiger partial charge in [-0.2, -0.15) is 0 Å². The van der Waals surface area contributed by atoms with E-state index in [1.165, 1.54) is 24.3 Å². The minimum absolute atomic E-state index is 0.0745. The molecule has 0 radical (unpaired) electrons. The quantitative estimate of drug-likeness (QED) is 0.495. The number of amides is 1. The van der Waals surface area contributed by atoms with Crippen LogP contribution in [0.3, 0.4) is 0 Å². The standard InChI is InChI=1S/C16H21N3O4/c1-3-23-15-11-13(19(21)22)6-8-14(15)17-16(20)9-7-12-5-4-10-18(12)2/h6-9,11-12H,3-5,10H2,1-2H3,(H,17,20)/b9-7+/t12-/m1/s1. The van der Waals surface area contributed by atoms with E-state index < -0.39 is 4.92 Å². The minimum atomic E-state index is -0.496. The van der Waals surface area contributed by atoms with E-state index >= 15 is 0 Å². The van der Waals surface area contributed by atoms with Crippen LogP contribution in [0.1, 0.15) is 19.8 Å². The summed E-state index contributed by atoms with van der Waals surface area (Å²) in [6.07, 6.45) is 5.56. The molecule has 0 aromatic heterocycles. The molecule has 7 nitrogen and oxygen atoms in total. The zero-order valence-electron chi connectivity index (χ0n) is 13.3. The molecule has 1 heterocycles. The average molecular weight is 319 g/mol. The normalized spacial score (nSPS) is 18.3. The van der Waals surface area contributed by atoms with E-state index in [1.54, 1.807) is 6.92 Å². The summed E-state index contributed by atoms with van der Waals surface area (Å²) in [6.45, 7) is 3.17. The van der Waals surface area contributed by atoms with Gasteiger partial charge < -0.3 is 10.1 Å². The number of hydrogen-bond acceptors (Lipinski definition) is 5. The van der Waals surface area contributed by atoms with Crippen LogP contribution in [0, 0.1) is 10.1 Å². The Morgan fingerprint density at radius 3 is 2.96 bits per heavy atom. The highest BCUT2D eigenvalue weighted by Gasteiger charge is 2.18. The number of nitrogens with zero attached hydrogens (tertiary/aromatic N) is 2. The molecular formula is C16H21N3O4.